The molecule has 0 amide bonds. The van der Waals surface area contributed by atoms with Gasteiger partial charge in [-0.15, -0.1) is 0 Å². The smallest absolute Gasteiger partial charge is 0.121 e. The predicted molar refractivity (Wildman–Crippen MR) is 88.0 cm³/mol. The summed E-state index contributed by atoms with van der Waals surface area (Å²) in [7, 11) is 0. The summed E-state index contributed by atoms with van der Waals surface area (Å²) in [6.07, 6.45) is 2.32. The minimum Gasteiger partial charge on any atom is -0.491 e. The van der Waals surface area contributed by atoms with Gasteiger partial charge in [-0.3, -0.25) is 0 Å². The average Bonchev–Trinajstić information content (AvgIpc) is 2.79. The lowest BCUT2D eigenvalue weighted by atomic mass is 10.3. The summed E-state index contributed by atoms with van der Waals surface area (Å²) in [6, 6.07) is 6.20. The zero-order valence-corrected chi connectivity index (χ0v) is 13.6. The van der Waals surface area contributed by atoms with Gasteiger partial charge in [0.2, 0.25) is 0 Å². The topological polar surface area (TPSA) is 39.1 Å². The highest BCUT2D eigenvalue weighted by Gasteiger charge is 2.10. The van der Waals surface area contributed by atoms with Gasteiger partial charge in [-0.05, 0) is 45.9 Å². The average molecular weight is 289 g/mol. The van der Waals surface area contributed by atoms with Crippen LogP contribution in [0.3, 0.4) is 0 Å². The van der Waals surface area contributed by atoms with E-state index in [1.54, 1.807) is 0 Å². The second-order valence-corrected chi connectivity index (χ2v) is 5.59. The largest absolute Gasteiger partial charge is 0.491 e. The number of rotatable bonds is 8. The molecule has 1 heterocycles. The standard InChI is InChI=1S/C17H27N3O/c1-5-10-18-11-9-17-19-15-12-14(21-13(3)4)7-8-16(15)20(17)6-2/h7-8,12-13,18H,5-6,9-11H2,1-4H3. The van der Waals surface area contributed by atoms with E-state index in [0.717, 1.165) is 43.1 Å². The van der Waals surface area contributed by atoms with Crippen LogP contribution in [0.4, 0.5) is 0 Å². The van der Waals surface area contributed by atoms with Crippen molar-refractivity contribution in [1.29, 1.82) is 0 Å². The van der Waals surface area contributed by atoms with Gasteiger partial charge in [-0.1, -0.05) is 6.92 Å². The Balaban J connectivity index is 2.20. The Bertz CT molecular complexity index is 575. The Labute approximate surface area is 127 Å². The van der Waals surface area contributed by atoms with Crippen LogP contribution >= 0.6 is 0 Å². The molecule has 0 saturated heterocycles. The summed E-state index contributed by atoms with van der Waals surface area (Å²) in [5.41, 5.74) is 2.22. The molecule has 2 aromatic rings. The number of hydrogen-bond donors (Lipinski definition) is 1. The van der Waals surface area contributed by atoms with Gasteiger partial charge >= 0.3 is 0 Å². The van der Waals surface area contributed by atoms with Crippen LogP contribution in [0.5, 0.6) is 5.75 Å². The molecule has 0 aliphatic heterocycles. The highest BCUT2D eigenvalue weighted by molar-refractivity contribution is 5.77. The van der Waals surface area contributed by atoms with Gasteiger partial charge in [0.1, 0.15) is 11.6 Å². The van der Waals surface area contributed by atoms with Gasteiger partial charge in [0.25, 0.3) is 0 Å². The molecule has 0 bridgehead atoms. The van der Waals surface area contributed by atoms with Crippen LogP contribution in [0.15, 0.2) is 18.2 Å². The lowest BCUT2D eigenvalue weighted by molar-refractivity contribution is 0.242. The molecule has 0 aliphatic rings. The molecule has 0 radical (unpaired) electrons. The van der Waals surface area contributed by atoms with E-state index in [-0.39, 0.29) is 6.10 Å². The monoisotopic (exact) mass is 289 g/mol. The maximum atomic E-state index is 5.76. The molecule has 1 aromatic heterocycles. The first kappa shape index (κ1) is 15.8. The minimum absolute atomic E-state index is 0.188. The number of imidazole rings is 1. The van der Waals surface area contributed by atoms with E-state index in [0.29, 0.717) is 0 Å². The van der Waals surface area contributed by atoms with Gasteiger partial charge in [0.15, 0.2) is 0 Å². The fourth-order valence-corrected chi connectivity index (χ4v) is 2.55. The van der Waals surface area contributed by atoms with Crippen molar-refractivity contribution in [3.8, 4) is 5.75 Å². The third-order valence-electron chi connectivity index (χ3n) is 3.44. The lowest BCUT2D eigenvalue weighted by Gasteiger charge is -2.09. The molecule has 4 nitrogen and oxygen atoms in total. The SMILES string of the molecule is CCCNCCc1nc2cc(OC(C)C)ccc2n1CC. The molecule has 1 aromatic carbocycles. The number of nitrogens with zero attached hydrogens (tertiary/aromatic N) is 2. The molecular weight excluding hydrogens is 262 g/mol. The molecule has 0 spiro atoms. The molecule has 4 heteroatoms. The van der Waals surface area contributed by atoms with Crippen molar-refractivity contribution < 1.29 is 4.74 Å². The molecule has 1 N–H and O–H groups in total. The molecule has 21 heavy (non-hydrogen) atoms. The molecule has 0 aliphatic carbocycles. The van der Waals surface area contributed by atoms with Crippen molar-refractivity contribution in [1.82, 2.24) is 14.9 Å². The number of fused-ring (bicyclic) bond motifs is 1. The molecule has 0 unspecified atom stereocenters. The van der Waals surface area contributed by atoms with Crippen molar-refractivity contribution in [3.63, 3.8) is 0 Å². The van der Waals surface area contributed by atoms with Gasteiger partial charge < -0.3 is 14.6 Å². The second-order valence-electron chi connectivity index (χ2n) is 5.59. The van der Waals surface area contributed by atoms with Crippen LogP contribution in [0, 0.1) is 0 Å². The maximum absolute atomic E-state index is 5.76. The summed E-state index contributed by atoms with van der Waals surface area (Å²) >= 11 is 0. The third kappa shape index (κ3) is 3.97. The number of aryl methyl sites for hydroxylation is 1. The lowest BCUT2D eigenvalue weighted by Crippen LogP contribution is -2.19. The molecule has 116 valence electrons. The van der Waals surface area contributed by atoms with Crippen molar-refractivity contribution in [2.24, 2.45) is 0 Å². The first-order chi connectivity index (χ1) is 10.2. The number of ether oxygens (including phenoxy) is 1. The quantitative estimate of drug-likeness (QED) is 0.757. The van der Waals surface area contributed by atoms with Crippen molar-refractivity contribution in [3.05, 3.63) is 24.0 Å². The molecule has 0 atom stereocenters. The molecule has 0 saturated carbocycles. The number of hydrogen-bond acceptors (Lipinski definition) is 3. The Hall–Kier alpha value is -1.55. The number of aromatic nitrogens is 2. The van der Waals surface area contributed by atoms with Gasteiger partial charge in [-0.2, -0.15) is 0 Å². The van der Waals surface area contributed by atoms with Crippen molar-refractivity contribution in [2.75, 3.05) is 13.1 Å². The molecule has 2 rings (SSSR count). The van der Waals surface area contributed by atoms with E-state index in [9.17, 15) is 0 Å². The van der Waals surface area contributed by atoms with Crippen LogP contribution in [-0.2, 0) is 13.0 Å². The Morgan fingerprint density at radius 3 is 2.71 bits per heavy atom. The van der Waals surface area contributed by atoms with E-state index in [2.05, 4.69) is 29.8 Å². The van der Waals surface area contributed by atoms with Crippen LogP contribution in [0.1, 0.15) is 39.9 Å². The fourth-order valence-electron chi connectivity index (χ4n) is 2.55. The summed E-state index contributed by atoms with van der Waals surface area (Å²) in [5, 5.41) is 3.44. The normalized spacial score (nSPS) is 11.5. The summed E-state index contributed by atoms with van der Waals surface area (Å²) in [6.45, 7) is 11.4. The predicted octanol–water partition coefficient (Wildman–Crippen LogP) is 3.39. The first-order valence-electron chi connectivity index (χ1n) is 8.02. The van der Waals surface area contributed by atoms with Gasteiger partial charge in [0, 0.05) is 25.6 Å². The highest BCUT2D eigenvalue weighted by atomic mass is 16.5. The van der Waals surface area contributed by atoms with Crippen molar-refractivity contribution >= 4 is 11.0 Å². The van der Waals surface area contributed by atoms with Crippen LogP contribution in [0.25, 0.3) is 11.0 Å². The van der Waals surface area contributed by atoms with Crippen molar-refractivity contribution in [2.45, 2.75) is 53.2 Å². The molecule has 0 fully saturated rings. The Kier molecular flexibility index (Phi) is 5.62. The summed E-state index contributed by atoms with van der Waals surface area (Å²) in [4.78, 5) is 4.79. The van der Waals surface area contributed by atoms with E-state index in [1.807, 2.05) is 26.0 Å². The number of benzene rings is 1. The highest BCUT2D eigenvalue weighted by Crippen LogP contribution is 2.23. The van der Waals surface area contributed by atoms with E-state index >= 15 is 0 Å². The second kappa shape index (κ2) is 7.46. The minimum atomic E-state index is 0.188. The Morgan fingerprint density at radius 1 is 1.24 bits per heavy atom. The number of nitrogens with one attached hydrogen (secondary N) is 1. The van der Waals surface area contributed by atoms with E-state index in [4.69, 9.17) is 9.72 Å². The zero-order chi connectivity index (χ0) is 15.2. The fraction of sp³-hybridized carbons (Fsp3) is 0.588. The first-order valence-corrected chi connectivity index (χ1v) is 8.02. The molecular formula is C17H27N3O. The third-order valence-corrected chi connectivity index (χ3v) is 3.44. The van der Waals surface area contributed by atoms with E-state index < -0.39 is 0 Å². The Morgan fingerprint density at radius 2 is 2.05 bits per heavy atom. The zero-order valence-electron chi connectivity index (χ0n) is 13.6. The summed E-state index contributed by atoms with van der Waals surface area (Å²) < 4.78 is 8.05. The maximum Gasteiger partial charge on any atom is 0.121 e. The summed E-state index contributed by atoms with van der Waals surface area (Å²) in [5.74, 6) is 2.05. The van der Waals surface area contributed by atoms with Gasteiger partial charge in [-0.25, -0.2) is 4.98 Å². The van der Waals surface area contributed by atoms with Crippen LogP contribution in [-0.4, -0.2) is 28.7 Å². The van der Waals surface area contributed by atoms with Crippen LogP contribution in [0.2, 0.25) is 0 Å². The van der Waals surface area contributed by atoms with Crippen LogP contribution < -0.4 is 10.1 Å². The van der Waals surface area contributed by atoms with E-state index in [1.165, 1.54) is 11.9 Å². The van der Waals surface area contributed by atoms with Gasteiger partial charge in [0.05, 0.1) is 17.1 Å².